The Hall–Kier alpha value is 1.12. The van der Waals surface area contributed by atoms with Crippen LogP contribution in [0.1, 0.15) is 23.1 Å². The molecule has 0 spiro atoms. The minimum absolute atomic E-state index is 0. The predicted octanol–water partition coefficient (Wildman–Crippen LogP) is -5.20. The topological polar surface area (TPSA) is 98.7 Å². The third kappa shape index (κ3) is 17.1. The van der Waals surface area contributed by atoms with E-state index in [2.05, 4.69) is 10.6 Å². The van der Waals surface area contributed by atoms with Gasteiger partial charge in [0.15, 0.2) is 0 Å². The molecule has 0 saturated carbocycles. The van der Waals surface area contributed by atoms with Crippen LogP contribution in [0.2, 0.25) is 0 Å². The van der Waals surface area contributed by atoms with Crippen molar-refractivity contribution in [3.05, 3.63) is 0 Å². The van der Waals surface area contributed by atoms with E-state index in [1.165, 1.54) is 0 Å². The zero-order chi connectivity index (χ0) is 13.3. The van der Waals surface area contributed by atoms with Crippen molar-refractivity contribution in [2.45, 2.75) is 20.3 Å². The normalized spacial score (nSPS) is 12.0. The molecular formula is C9H23Li2N2O4PS. The Balaban J connectivity index is -0.000000213. The molecule has 6 nitrogen and oxygen atoms in total. The zero-order valence-corrected chi connectivity index (χ0v) is 13.9. The summed E-state index contributed by atoms with van der Waals surface area (Å²) in [5, 5.41) is 5.77. The SMILES string of the molecule is CCC(C)C(=O)NCCNCCSP(=O)(O)O.[H-].[H-].[Li+].[Li+]. The molecule has 0 aliphatic carbocycles. The Morgan fingerprint density at radius 2 is 1.89 bits per heavy atom. The maximum absolute atomic E-state index is 11.3. The minimum atomic E-state index is -3.95. The van der Waals surface area contributed by atoms with Crippen LogP contribution in [0.15, 0.2) is 0 Å². The Morgan fingerprint density at radius 3 is 2.37 bits per heavy atom. The molecule has 0 aromatic carbocycles. The van der Waals surface area contributed by atoms with Crippen molar-refractivity contribution in [1.29, 1.82) is 0 Å². The van der Waals surface area contributed by atoms with Gasteiger partial charge >= 0.3 is 44.5 Å². The fraction of sp³-hybridized carbons (Fsp3) is 0.889. The first-order valence-electron chi connectivity index (χ1n) is 5.55. The zero-order valence-electron chi connectivity index (χ0n) is 14.2. The number of nitrogens with one attached hydrogen (secondary N) is 2. The van der Waals surface area contributed by atoms with Crippen LogP contribution in [0.5, 0.6) is 0 Å². The van der Waals surface area contributed by atoms with Crippen LogP contribution in [-0.4, -0.2) is 41.1 Å². The van der Waals surface area contributed by atoms with Crippen molar-refractivity contribution in [3.63, 3.8) is 0 Å². The summed E-state index contributed by atoms with van der Waals surface area (Å²) in [6.07, 6.45) is 0.818. The van der Waals surface area contributed by atoms with E-state index in [0.29, 0.717) is 36.8 Å². The largest absolute Gasteiger partial charge is 1.00 e. The Labute approximate surface area is 145 Å². The van der Waals surface area contributed by atoms with Crippen molar-refractivity contribution < 1.29 is 59.7 Å². The molecule has 0 aliphatic rings. The summed E-state index contributed by atoms with van der Waals surface area (Å²) in [5.41, 5.74) is 0. The second-order valence-electron chi connectivity index (χ2n) is 3.67. The van der Waals surface area contributed by atoms with Crippen molar-refractivity contribution >= 4 is 24.1 Å². The minimum Gasteiger partial charge on any atom is -1.00 e. The Bertz CT molecular complexity index is 290. The summed E-state index contributed by atoms with van der Waals surface area (Å²) < 4.78 is 10.5. The molecule has 1 unspecified atom stereocenters. The molecule has 1 amide bonds. The van der Waals surface area contributed by atoms with Gasteiger partial charge in [0.25, 0.3) is 0 Å². The van der Waals surface area contributed by atoms with Crippen LogP contribution in [0, 0.1) is 5.92 Å². The number of amides is 1. The van der Waals surface area contributed by atoms with Crippen molar-refractivity contribution in [3.8, 4) is 0 Å². The summed E-state index contributed by atoms with van der Waals surface area (Å²) in [4.78, 5) is 28.5. The van der Waals surface area contributed by atoms with Crippen LogP contribution in [0.25, 0.3) is 0 Å². The van der Waals surface area contributed by atoms with Gasteiger partial charge in [-0.05, 0) is 17.8 Å². The first-order chi connectivity index (χ1) is 7.87. The van der Waals surface area contributed by atoms with Gasteiger partial charge in [-0.15, -0.1) is 0 Å². The van der Waals surface area contributed by atoms with E-state index in [9.17, 15) is 9.36 Å². The van der Waals surface area contributed by atoms with Crippen LogP contribution < -0.4 is 48.4 Å². The van der Waals surface area contributed by atoms with Crippen molar-refractivity contribution in [2.24, 2.45) is 5.92 Å². The molecule has 0 heterocycles. The monoisotopic (exact) mass is 300 g/mol. The average molecular weight is 300 g/mol. The molecule has 10 heteroatoms. The van der Waals surface area contributed by atoms with Crippen LogP contribution >= 0.6 is 18.2 Å². The van der Waals surface area contributed by atoms with Gasteiger partial charge in [-0.25, -0.2) is 4.57 Å². The average Bonchev–Trinajstić information content (AvgIpc) is 2.24. The van der Waals surface area contributed by atoms with Gasteiger partial charge in [0.1, 0.15) is 0 Å². The quantitative estimate of drug-likeness (QED) is 0.193. The second-order valence-corrected chi connectivity index (χ2v) is 7.52. The third-order valence-corrected chi connectivity index (χ3v) is 4.48. The van der Waals surface area contributed by atoms with Gasteiger partial charge in [-0.2, -0.15) is 0 Å². The molecule has 0 aromatic heterocycles. The van der Waals surface area contributed by atoms with E-state index in [1.807, 2.05) is 13.8 Å². The number of carbonyl (C=O) groups excluding carboxylic acids is 1. The van der Waals surface area contributed by atoms with E-state index in [4.69, 9.17) is 9.79 Å². The molecule has 0 saturated heterocycles. The van der Waals surface area contributed by atoms with Crippen LogP contribution in [0.3, 0.4) is 0 Å². The van der Waals surface area contributed by atoms with Gasteiger partial charge in [-0.3, -0.25) is 4.79 Å². The molecule has 0 aromatic rings. The maximum atomic E-state index is 11.3. The molecule has 1 atom stereocenters. The molecule has 4 N–H and O–H groups in total. The molecule has 0 fully saturated rings. The molecule has 19 heavy (non-hydrogen) atoms. The molecule has 0 bridgehead atoms. The van der Waals surface area contributed by atoms with Crippen LogP contribution in [0.4, 0.5) is 0 Å². The van der Waals surface area contributed by atoms with Gasteiger partial charge in [-0.1, -0.05) is 13.8 Å². The molecule has 0 radical (unpaired) electrons. The molecular weight excluding hydrogens is 277 g/mol. The summed E-state index contributed by atoms with van der Waals surface area (Å²) in [5.74, 6) is 0.419. The number of rotatable bonds is 9. The van der Waals surface area contributed by atoms with E-state index in [1.54, 1.807) is 0 Å². The molecule has 106 valence electrons. The Morgan fingerprint density at radius 1 is 1.32 bits per heavy atom. The van der Waals surface area contributed by atoms with Crippen molar-refractivity contribution in [2.75, 3.05) is 25.4 Å². The summed E-state index contributed by atoms with van der Waals surface area (Å²) in [6, 6.07) is 0. The van der Waals surface area contributed by atoms with Gasteiger partial charge in [0.2, 0.25) is 5.91 Å². The third-order valence-electron chi connectivity index (χ3n) is 2.20. The summed E-state index contributed by atoms with van der Waals surface area (Å²) >= 11 is 0.623. The molecule has 0 rings (SSSR count). The van der Waals surface area contributed by atoms with Crippen molar-refractivity contribution in [1.82, 2.24) is 10.6 Å². The van der Waals surface area contributed by atoms with Gasteiger partial charge in [0.05, 0.1) is 0 Å². The predicted molar refractivity (Wildman–Crippen MR) is 72.1 cm³/mol. The summed E-state index contributed by atoms with van der Waals surface area (Å²) in [6.45, 7) is 1.53. The fourth-order valence-corrected chi connectivity index (χ4v) is 2.46. The van der Waals surface area contributed by atoms with E-state index in [-0.39, 0.29) is 52.4 Å². The van der Waals surface area contributed by atoms with E-state index < -0.39 is 6.80 Å². The first-order valence-corrected chi connectivity index (χ1v) is 8.75. The smallest absolute Gasteiger partial charge is 1.00 e. The summed E-state index contributed by atoms with van der Waals surface area (Å²) in [7, 11) is 0. The number of hydrogen-bond donors (Lipinski definition) is 4. The second kappa shape index (κ2) is 14.1. The van der Waals surface area contributed by atoms with Gasteiger partial charge in [0, 0.05) is 31.3 Å². The number of carbonyl (C=O) groups is 1. The van der Waals surface area contributed by atoms with E-state index in [0.717, 1.165) is 6.42 Å². The molecule has 0 aliphatic heterocycles. The van der Waals surface area contributed by atoms with E-state index >= 15 is 0 Å². The fourth-order valence-electron chi connectivity index (χ4n) is 0.995. The van der Waals surface area contributed by atoms with Gasteiger partial charge < -0.3 is 23.3 Å². The van der Waals surface area contributed by atoms with Crippen LogP contribution in [-0.2, 0) is 9.36 Å². The standard InChI is InChI=1S/C9H21N2O4PS.2Li.2H/c1-3-8(2)9(12)11-5-4-10-6-7-17-16(13,14)15;;;;/h8,10H,3-7H2,1-2H3,(H,11,12)(H2,13,14,15);;;;/q;2*+1;2*-1. The Kier molecular flexibility index (Phi) is 18.6. The maximum Gasteiger partial charge on any atom is 1.00 e. The first kappa shape index (κ1) is 25.1. The number of hydrogen-bond acceptors (Lipinski definition) is 4.